The van der Waals surface area contributed by atoms with Gasteiger partial charge in [-0.3, -0.25) is 0 Å². The predicted octanol–water partition coefficient (Wildman–Crippen LogP) is -2.03. The monoisotopic (exact) mass is 281 g/mol. The second-order valence-corrected chi connectivity index (χ2v) is 4.79. The number of aromatic nitrogens is 3. The van der Waals surface area contributed by atoms with Crippen LogP contribution < -0.4 is 11.1 Å². The SMILES string of the molecule is Nc1nc(O)c2[nH]cc([C@H]3N[C@H](CO)[C@@H](O)[C@H]3O)c2n1. The van der Waals surface area contributed by atoms with Crippen LogP contribution in [0.25, 0.3) is 11.0 Å². The summed E-state index contributed by atoms with van der Waals surface area (Å²) in [5.74, 6) is -0.381. The number of nitrogens with zero attached hydrogens (tertiary/aromatic N) is 2. The van der Waals surface area contributed by atoms with E-state index in [1.165, 1.54) is 0 Å². The molecule has 4 atom stereocenters. The summed E-state index contributed by atoms with van der Waals surface area (Å²) in [7, 11) is 0. The predicted molar refractivity (Wildman–Crippen MR) is 68.7 cm³/mol. The summed E-state index contributed by atoms with van der Waals surface area (Å²) in [6, 6.07) is -1.27. The zero-order chi connectivity index (χ0) is 14.4. The normalized spacial score (nSPS) is 30.1. The number of aromatic amines is 1. The first-order chi connectivity index (χ1) is 9.52. The number of nitrogens with one attached hydrogen (secondary N) is 2. The Labute approximate surface area is 113 Å². The van der Waals surface area contributed by atoms with E-state index in [0.29, 0.717) is 16.6 Å². The molecule has 3 rings (SSSR count). The number of nitrogens with two attached hydrogens (primary N) is 1. The zero-order valence-electron chi connectivity index (χ0n) is 10.4. The molecule has 9 heteroatoms. The van der Waals surface area contributed by atoms with E-state index < -0.39 is 24.3 Å². The average molecular weight is 281 g/mol. The van der Waals surface area contributed by atoms with Crippen LogP contribution in [0.5, 0.6) is 5.88 Å². The first-order valence-electron chi connectivity index (χ1n) is 6.09. The number of aromatic hydroxyl groups is 1. The number of anilines is 1. The highest BCUT2D eigenvalue weighted by Crippen LogP contribution is 2.33. The Bertz CT molecular complexity index is 645. The number of hydrogen-bond donors (Lipinski definition) is 7. The van der Waals surface area contributed by atoms with Crippen LogP contribution in [0.4, 0.5) is 5.95 Å². The van der Waals surface area contributed by atoms with E-state index in [-0.39, 0.29) is 18.4 Å². The smallest absolute Gasteiger partial charge is 0.240 e. The number of aliphatic hydroxyl groups excluding tert-OH is 3. The van der Waals surface area contributed by atoms with Gasteiger partial charge in [-0.2, -0.15) is 4.98 Å². The topological polar surface area (TPSA) is 161 Å². The van der Waals surface area contributed by atoms with Gasteiger partial charge in [-0.05, 0) is 0 Å². The van der Waals surface area contributed by atoms with Crippen molar-refractivity contribution in [2.45, 2.75) is 24.3 Å². The molecule has 8 N–H and O–H groups in total. The van der Waals surface area contributed by atoms with Gasteiger partial charge in [-0.25, -0.2) is 4.98 Å². The Morgan fingerprint density at radius 1 is 1.25 bits per heavy atom. The van der Waals surface area contributed by atoms with Gasteiger partial charge in [-0.1, -0.05) is 0 Å². The van der Waals surface area contributed by atoms with E-state index in [1.807, 2.05) is 0 Å². The summed E-state index contributed by atoms with van der Waals surface area (Å²) < 4.78 is 0. The summed E-state index contributed by atoms with van der Waals surface area (Å²) >= 11 is 0. The van der Waals surface area contributed by atoms with E-state index in [2.05, 4.69) is 20.3 Å². The second kappa shape index (κ2) is 4.56. The number of aliphatic hydroxyl groups is 3. The van der Waals surface area contributed by atoms with E-state index >= 15 is 0 Å². The molecule has 9 nitrogen and oxygen atoms in total. The third-order valence-electron chi connectivity index (χ3n) is 3.58. The van der Waals surface area contributed by atoms with Crippen molar-refractivity contribution in [1.82, 2.24) is 20.3 Å². The minimum Gasteiger partial charge on any atom is -0.492 e. The van der Waals surface area contributed by atoms with Crippen molar-refractivity contribution in [3.05, 3.63) is 11.8 Å². The summed E-state index contributed by atoms with van der Waals surface area (Å²) in [5, 5.41) is 41.6. The molecule has 0 spiro atoms. The van der Waals surface area contributed by atoms with Gasteiger partial charge in [-0.15, -0.1) is 0 Å². The first kappa shape index (κ1) is 13.1. The minimum absolute atomic E-state index is 0.0948. The highest BCUT2D eigenvalue weighted by molar-refractivity contribution is 5.84. The van der Waals surface area contributed by atoms with Gasteiger partial charge in [0.1, 0.15) is 17.1 Å². The molecule has 0 aliphatic carbocycles. The molecule has 0 radical (unpaired) electrons. The molecule has 2 aromatic heterocycles. The van der Waals surface area contributed by atoms with Gasteiger partial charge in [0.25, 0.3) is 0 Å². The van der Waals surface area contributed by atoms with Gasteiger partial charge in [0, 0.05) is 11.8 Å². The van der Waals surface area contributed by atoms with Gasteiger partial charge in [0.15, 0.2) is 0 Å². The molecule has 1 saturated heterocycles. The first-order valence-corrected chi connectivity index (χ1v) is 6.09. The average Bonchev–Trinajstić information content (AvgIpc) is 2.93. The second-order valence-electron chi connectivity index (χ2n) is 4.79. The lowest BCUT2D eigenvalue weighted by atomic mass is 10.0. The Kier molecular flexibility index (Phi) is 2.98. The molecule has 2 aromatic rings. The highest BCUT2D eigenvalue weighted by Gasteiger charge is 2.42. The molecule has 20 heavy (non-hydrogen) atoms. The van der Waals surface area contributed by atoms with Crippen LogP contribution in [0.2, 0.25) is 0 Å². The molecule has 1 aliphatic heterocycles. The fourth-order valence-electron chi connectivity index (χ4n) is 2.56. The highest BCUT2D eigenvalue weighted by atomic mass is 16.3. The fourth-order valence-corrected chi connectivity index (χ4v) is 2.56. The number of hydrogen-bond acceptors (Lipinski definition) is 8. The molecule has 1 fully saturated rings. The van der Waals surface area contributed by atoms with Gasteiger partial charge in [0.05, 0.1) is 24.8 Å². The van der Waals surface area contributed by atoms with Crippen molar-refractivity contribution in [3.63, 3.8) is 0 Å². The van der Waals surface area contributed by atoms with Gasteiger partial charge < -0.3 is 36.5 Å². The third kappa shape index (κ3) is 1.79. The summed E-state index contributed by atoms with van der Waals surface area (Å²) in [5.41, 5.74) is 6.69. The quantitative estimate of drug-likeness (QED) is 0.332. The van der Waals surface area contributed by atoms with Crippen LogP contribution in [0.1, 0.15) is 11.6 Å². The fraction of sp³-hybridized carbons (Fsp3) is 0.455. The van der Waals surface area contributed by atoms with Crippen molar-refractivity contribution < 1.29 is 20.4 Å². The maximum Gasteiger partial charge on any atom is 0.240 e. The van der Waals surface area contributed by atoms with Crippen molar-refractivity contribution in [3.8, 4) is 5.88 Å². The molecule has 0 saturated carbocycles. The summed E-state index contributed by atoms with van der Waals surface area (Å²) in [6.45, 7) is -0.306. The lowest BCUT2D eigenvalue weighted by Crippen LogP contribution is -2.35. The Morgan fingerprint density at radius 3 is 2.65 bits per heavy atom. The number of H-pyrrole nitrogens is 1. The summed E-state index contributed by atoms with van der Waals surface area (Å²) in [4.78, 5) is 10.5. The van der Waals surface area contributed by atoms with E-state index in [9.17, 15) is 15.3 Å². The number of rotatable bonds is 2. The van der Waals surface area contributed by atoms with Gasteiger partial charge in [0.2, 0.25) is 11.8 Å². The molecular weight excluding hydrogens is 266 g/mol. The summed E-state index contributed by atoms with van der Waals surface area (Å²) in [6.07, 6.45) is -0.654. The largest absolute Gasteiger partial charge is 0.492 e. The molecular formula is C11H15N5O4. The Balaban J connectivity index is 2.07. The molecule has 0 bridgehead atoms. The van der Waals surface area contributed by atoms with Crippen LogP contribution in [-0.4, -0.2) is 60.2 Å². The Morgan fingerprint density at radius 2 is 2.00 bits per heavy atom. The molecule has 108 valence electrons. The van der Waals surface area contributed by atoms with Gasteiger partial charge >= 0.3 is 0 Å². The minimum atomic E-state index is -1.11. The molecule has 3 heterocycles. The molecule has 0 amide bonds. The van der Waals surface area contributed by atoms with Crippen LogP contribution >= 0.6 is 0 Å². The van der Waals surface area contributed by atoms with E-state index in [0.717, 1.165) is 0 Å². The van der Waals surface area contributed by atoms with E-state index in [4.69, 9.17) is 10.8 Å². The van der Waals surface area contributed by atoms with Crippen LogP contribution in [0.15, 0.2) is 6.20 Å². The molecule has 0 unspecified atom stereocenters. The maximum absolute atomic E-state index is 10.1. The zero-order valence-corrected chi connectivity index (χ0v) is 10.4. The van der Waals surface area contributed by atoms with Crippen molar-refractivity contribution in [1.29, 1.82) is 0 Å². The Hall–Kier alpha value is -1.94. The molecule has 1 aliphatic rings. The number of nitrogen functional groups attached to an aromatic ring is 1. The lowest BCUT2D eigenvalue weighted by Gasteiger charge is -2.14. The number of fused-ring (bicyclic) bond motifs is 1. The molecule has 0 aromatic carbocycles. The standard InChI is InChI=1S/C11H15N5O4/c12-11-15-5-3(1-13-7(5)10(20)16-11)6-9(19)8(18)4(2-17)14-6/h1,4,6,8-9,13-14,17-19H,2H2,(H3,12,15,16,20)/t4-,6-,8-,9+/m1/s1. The van der Waals surface area contributed by atoms with E-state index in [1.54, 1.807) is 6.20 Å². The van der Waals surface area contributed by atoms with Crippen molar-refractivity contribution >= 4 is 17.0 Å². The van der Waals surface area contributed by atoms with Crippen LogP contribution in [-0.2, 0) is 0 Å². The third-order valence-corrected chi connectivity index (χ3v) is 3.58. The van der Waals surface area contributed by atoms with Crippen molar-refractivity contribution in [2.75, 3.05) is 12.3 Å². The van der Waals surface area contributed by atoms with Crippen LogP contribution in [0.3, 0.4) is 0 Å². The van der Waals surface area contributed by atoms with Crippen LogP contribution in [0, 0.1) is 0 Å². The maximum atomic E-state index is 10.1. The van der Waals surface area contributed by atoms with Crippen molar-refractivity contribution in [2.24, 2.45) is 0 Å². The lowest BCUT2D eigenvalue weighted by molar-refractivity contribution is 0.0196.